The lowest BCUT2D eigenvalue weighted by Gasteiger charge is -2.39. The molecule has 9 rings (SSSR count). The Hall–Kier alpha value is -4.98. The van der Waals surface area contributed by atoms with Crippen LogP contribution in [0.1, 0.15) is 73.7 Å². The van der Waals surface area contributed by atoms with Crippen LogP contribution in [0.5, 0.6) is 0 Å². The third-order valence-corrected chi connectivity index (χ3v) is 13.2. The Morgan fingerprint density at radius 2 is 1.58 bits per heavy atom. The number of fused-ring (bicyclic) bond motifs is 2. The van der Waals surface area contributed by atoms with Gasteiger partial charge in [-0.1, -0.05) is 29.8 Å². The molecular formula is C44H49ClN8O2. The summed E-state index contributed by atoms with van der Waals surface area (Å²) in [7, 11) is 0. The van der Waals surface area contributed by atoms with Gasteiger partial charge in [-0.05, 0) is 105 Å². The number of hydrogen-bond donors (Lipinski definition) is 2. The molecule has 55 heavy (non-hydrogen) atoms. The molecule has 0 saturated carbocycles. The Bertz CT molecular complexity index is 2260. The number of halogens is 1. The first kappa shape index (κ1) is 35.7. The molecule has 10 nitrogen and oxygen atoms in total. The van der Waals surface area contributed by atoms with Gasteiger partial charge in [0.05, 0.1) is 33.0 Å². The number of benzene rings is 3. The number of aromatic amines is 1. The van der Waals surface area contributed by atoms with Crippen LogP contribution in [0.25, 0.3) is 21.8 Å². The summed E-state index contributed by atoms with van der Waals surface area (Å²) in [6.45, 7) is 10.2. The van der Waals surface area contributed by atoms with E-state index in [1.807, 2.05) is 18.2 Å². The van der Waals surface area contributed by atoms with Crippen LogP contribution in [-0.4, -0.2) is 78.7 Å². The van der Waals surface area contributed by atoms with Crippen LogP contribution in [0.3, 0.4) is 0 Å². The number of H-pyrrole nitrogens is 1. The first-order valence-electron chi connectivity index (χ1n) is 20.1. The van der Waals surface area contributed by atoms with Crippen molar-refractivity contribution in [2.24, 2.45) is 5.92 Å². The number of rotatable bonds is 7. The van der Waals surface area contributed by atoms with Gasteiger partial charge in [-0.15, -0.1) is 0 Å². The zero-order valence-electron chi connectivity index (χ0n) is 31.6. The summed E-state index contributed by atoms with van der Waals surface area (Å²) in [5, 5.41) is 14.5. The minimum atomic E-state index is -0.332. The standard InChI is InChI=1S/C44H49ClN8O2/c1-29-25-36-38(52-24-17-41(54)48-44(52)55)3-2-4-39(36)53(29)35-15-18-49(19-16-35)28-30-11-20-50(21-12-30)34-7-5-31(6-8-34)32-13-22-51(23-14-32)40-10-9-37(45)42-33(26-46)27-47-43(40)42/h2-10,25,27,30,32,35,47H,11-24,28H2,1H3,(H,48,54,55). The molecule has 284 valence electrons. The number of piperidine rings is 3. The summed E-state index contributed by atoms with van der Waals surface area (Å²) < 4.78 is 2.49. The quantitative estimate of drug-likeness (QED) is 0.173. The maximum absolute atomic E-state index is 12.7. The fourth-order valence-electron chi connectivity index (χ4n) is 9.94. The fraction of sp³-hybridized carbons (Fsp3) is 0.432. The maximum Gasteiger partial charge on any atom is 0.328 e. The molecule has 0 spiro atoms. The van der Waals surface area contributed by atoms with E-state index in [4.69, 9.17) is 11.6 Å². The molecule has 0 bridgehead atoms. The van der Waals surface area contributed by atoms with Crippen molar-refractivity contribution in [2.45, 2.75) is 63.8 Å². The van der Waals surface area contributed by atoms with E-state index in [2.05, 4.69) is 85.0 Å². The second-order valence-corrected chi connectivity index (χ2v) is 16.5. The largest absolute Gasteiger partial charge is 0.372 e. The molecule has 4 aliphatic heterocycles. The number of amides is 3. The van der Waals surface area contributed by atoms with Crippen molar-refractivity contribution < 1.29 is 9.59 Å². The van der Waals surface area contributed by atoms with Gasteiger partial charge in [0.15, 0.2) is 0 Å². The van der Waals surface area contributed by atoms with Crippen LogP contribution in [0.2, 0.25) is 5.02 Å². The number of anilines is 3. The predicted octanol–water partition coefficient (Wildman–Crippen LogP) is 8.34. The number of nitriles is 1. The average Bonchev–Trinajstić information content (AvgIpc) is 3.80. The van der Waals surface area contributed by atoms with Crippen molar-refractivity contribution in [3.8, 4) is 6.07 Å². The van der Waals surface area contributed by atoms with E-state index < -0.39 is 0 Å². The molecule has 0 radical (unpaired) electrons. The highest BCUT2D eigenvalue weighted by Crippen LogP contribution is 2.39. The second kappa shape index (κ2) is 14.9. The topological polar surface area (TPSA) is 104 Å². The Labute approximate surface area is 327 Å². The van der Waals surface area contributed by atoms with E-state index in [-0.39, 0.29) is 11.9 Å². The Morgan fingerprint density at radius 3 is 2.31 bits per heavy atom. The van der Waals surface area contributed by atoms with Gasteiger partial charge in [0.25, 0.3) is 0 Å². The molecular weight excluding hydrogens is 708 g/mol. The normalized spacial score (nSPS) is 19.8. The Kier molecular flexibility index (Phi) is 9.69. The number of imide groups is 1. The van der Waals surface area contributed by atoms with Crippen molar-refractivity contribution >= 4 is 62.4 Å². The highest BCUT2D eigenvalue weighted by atomic mass is 35.5. The molecule has 6 heterocycles. The number of aryl methyl sites for hydroxylation is 1. The van der Waals surface area contributed by atoms with Crippen molar-refractivity contribution in [1.82, 2.24) is 19.8 Å². The van der Waals surface area contributed by atoms with Crippen LogP contribution >= 0.6 is 11.6 Å². The van der Waals surface area contributed by atoms with Gasteiger partial charge in [0.2, 0.25) is 5.91 Å². The van der Waals surface area contributed by atoms with E-state index in [1.165, 1.54) is 41.8 Å². The zero-order valence-corrected chi connectivity index (χ0v) is 32.3. The summed E-state index contributed by atoms with van der Waals surface area (Å²) in [5.41, 5.74) is 8.75. The summed E-state index contributed by atoms with van der Waals surface area (Å²) in [5.74, 6) is 1.08. The zero-order chi connectivity index (χ0) is 37.6. The molecule has 3 aromatic carbocycles. The number of aromatic nitrogens is 2. The third-order valence-electron chi connectivity index (χ3n) is 12.9. The monoisotopic (exact) mass is 756 g/mol. The summed E-state index contributed by atoms with van der Waals surface area (Å²) in [4.78, 5) is 37.1. The predicted molar refractivity (Wildman–Crippen MR) is 220 cm³/mol. The van der Waals surface area contributed by atoms with Crippen molar-refractivity contribution in [3.63, 3.8) is 0 Å². The SMILES string of the molecule is Cc1cc2c(N3CCC(=O)NC3=O)cccc2n1C1CCN(CC2CCN(c3ccc(C4CCN(c5ccc(Cl)c6c(C#N)c[nH]c56)CC4)cc3)CC2)CC1. The van der Waals surface area contributed by atoms with Crippen LogP contribution in [0, 0.1) is 24.2 Å². The lowest BCUT2D eigenvalue weighted by atomic mass is 9.88. The molecule has 4 fully saturated rings. The lowest BCUT2D eigenvalue weighted by molar-refractivity contribution is -0.120. The van der Waals surface area contributed by atoms with E-state index in [1.54, 1.807) is 11.1 Å². The maximum atomic E-state index is 12.7. The molecule has 0 unspecified atom stereocenters. The molecule has 11 heteroatoms. The van der Waals surface area contributed by atoms with E-state index >= 15 is 0 Å². The van der Waals surface area contributed by atoms with Crippen LogP contribution in [-0.2, 0) is 4.79 Å². The molecule has 2 N–H and O–H groups in total. The van der Waals surface area contributed by atoms with Crippen LogP contribution < -0.4 is 20.0 Å². The molecule has 3 amide bonds. The minimum absolute atomic E-state index is 0.207. The first-order chi connectivity index (χ1) is 26.8. The van der Waals surface area contributed by atoms with E-state index in [0.717, 1.165) is 98.5 Å². The van der Waals surface area contributed by atoms with Gasteiger partial charge < -0.3 is 24.3 Å². The second-order valence-electron chi connectivity index (χ2n) is 16.1. The summed E-state index contributed by atoms with van der Waals surface area (Å²) >= 11 is 6.46. The highest BCUT2D eigenvalue weighted by molar-refractivity contribution is 6.36. The number of hydrogen-bond acceptors (Lipinski definition) is 6. The van der Waals surface area contributed by atoms with Gasteiger partial charge >= 0.3 is 6.03 Å². The molecule has 5 aromatic rings. The van der Waals surface area contributed by atoms with Crippen LogP contribution in [0.15, 0.2) is 66.9 Å². The average molecular weight is 757 g/mol. The van der Waals surface area contributed by atoms with Gasteiger partial charge in [-0.25, -0.2) is 4.79 Å². The number of likely N-dealkylation sites (tertiary alicyclic amines) is 1. The van der Waals surface area contributed by atoms with Gasteiger partial charge in [0, 0.05) is 93.2 Å². The van der Waals surface area contributed by atoms with Gasteiger partial charge in [-0.2, -0.15) is 5.26 Å². The van der Waals surface area contributed by atoms with Gasteiger partial charge in [-0.3, -0.25) is 15.0 Å². The van der Waals surface area contributed by atoms with Crippen molar-refractivity contribution in [1.29, 1.82) is 5.26 Å². The fourth-order valence-corrected chi connectivity index (χ4v) is 10.2. The number of carbonyl (C=O) groups is 2. The summed E-state index contributed by atoms with van der Waals surface area (Å²) in [6.07, 6.45) is 9.00. The van der Waals surface area contributed by atoms with Crippen LogP contribution in [0.4, 0.5) is 21.9 Å². The smallest absolute Gasteiger partial charge is 0.328 e. The molecule has 0 aliphatic carbocycles. The molecule has 2 aromatic heterocycles. The minimum Gasteiger partial charge on any atom is -0.372 e. The molecule has 4 aliphatic rings. The molecule has 0 atom stereocenters. The molecule has 4 saturated heterocycles. The van der Waals surface area contributed by atoms with Crippen molar-refractivity contribution in [3.05, 3.63) is 88.7 Å². The summed E-state index contributed by atoms with van der Waals surface area (Å²) in [6, 6.07) is 24.2. The van der Waals surface area contributed by atoms with E-state index in [0.29, 0.717) is 35.5 Å². The van der Waals surface area contributed by atoms with E-state index in [9.17, 15) is 14.9 Å². The van der Waals surface area contributed by atoms with Gasteiger partial charge in [0.1, 0.15) is 6.07 Å². The highest BCUT2D eigenvalue weighted by Gasteiger charge is 2.30. The number of urea groups is 1. The Balaban J connectivity index is 0.753. The number of carbonyl (C=O) groups excluding carboxylic acids is 2. The third kappa shape index (κ3) is 6.82. The van der Waals surface area contributed by atoms with Crippen molar-refractivity contribution in [2.75, 3.05) is 67.1 Å². The lowest BCUT2D eigenvalue weighted by Crippen LogP contribution is -2.49. The Morgan fingerprint density at radius 1 is 0.836 bits per heavy atom. The number of nitrogens with one attached hydrogen (secondary N) is 2. The number of nitrogens with zero attached hydrogens (tertiary/aromatic N) is 6. The first-order valence-corrected chi connectivity index (χ1v) is 20.5.